The number of carbonyl (C=O) groups is 1. The molecule has 0 atom stereocenters. The van der Waals surface area contributed by atoms with Gasteiger partial charge >= 0.3 is 0 Å². The molecule has 1 heteroatoms. The molecule has 0 spiro atoms. The van der Waals surface area contributed by atoms with Crippen LogP contribution in [0.2, 0.25) is 0 Å². The molecule has 0 aliphatic heterocycles. The number of hydrogen-bond acceptors (Lipinski definition) is 1. The molecule has 18 heavy (non-hydrogen) atoms. The third-order valence-corrected chi connectivity index (χ3v) is 3.72. The first-order chi connectivity index (χ1) is 8.66. The maximum absolute atomic E-state index is 12.0. The Morgan fingerprint density at radius 1 is 0.944 bits per heavy atom. The summed E-state index contributed by atoms with van der Waals surface area (Å²) in [7, 11) is 0. The Hall–Kier alpha value is -1.89. The van der Waals surface area contributed by atoms with Gasteiger partial charge in [0.05, 0.1) is 0 Å². The van der Waals surface area contributed by atoms with Crippen molar-refractivity contribution in [1.82, 2.24) is 0 Å². The summed E-state index contributed by atoms with van der Waals surface area (Å²) in [6.45, 7) is 4.21. The molecule has 0 fully saturated rings. The molecule has 3 rings (SSSR count). The zero-order valence-electron chi connectivity index (χ0n) is 10.8. The second-order valence-corrected chi connectivity index (χ2v) is 5.08. The fourth-order valence-corrected chi connectivity index (χ4v) is 2.85. The molecule has 0 amide bonds. The molecule has 2 aromatic rings. The van der Waals surface area contributed by atoms with E-state index in [1.807, 2.05) is 0 Å². The van der Waals surface area contributed by atoms with Crippen LogP contribution < -0.4 is 0 Å². The van der Waals surface area contributed by atoms with E-state index < -0.39 is 0 Å². The van der Waals surface area contributed by atoms with Crippen molar-refractivity contribution in [2.45, 2.75) is 26.7 Å². The van der Waals surface area contributed by atoms with Crippen LogP contribution >= 0.6 is 0 Å². The smallest absolute Gasteiger partial charge is 0.164 e. The predicted molar refractivity (Wildman–Crippen MR) is 74.0 cm³/mol. The molecule has 0 heterocycles. The van der Waals surface area contributed by atoms with Crippen molar-refractivity contribution in [3.8, 4) is 11.1 Å². The topological polar surface area (TPSA) is 17.1 Å². The van der Waals surface area contributed by atoms with Gasteiger partial charge in [0.1, 0.15) is 0 Å². The van der Waals surface area contributed by atoms with Gasteiger partial charge in [0.2, 0.25) is 0 Å². The van der Waals surface area contributed by atoms with E-state index in [1.165, 1.54) is 22.3 Å². The Labute approximate surface area is 107 Å². The monoisotopic (exact) mass is 236 g/mol. The van der Waals surface area contributed by atoms with Gasteiger partial charge in [-0.15, -0.1) is 0 Å². The normalized spacial score (nSPS) is 13.8. The Balaban J connectivity index is 2.24. The number of hydrogen-bond donors (Lipinski definition) is 0. The summed E-state index contributed by atoms with van der Waals surface area (Å²) in [5, 5.41) is 0. The number of Topliss-reactive ketones (excluding diaryl/α,β-unsaturated/α-hetero) is 1. The molecular formula is C17H16O. The third-order valence-electron chi connectivity index (χ3n) is 3.72. The highest BCUT2D eigenvalue weighted by atomic mass is 16.1. The van der Waals surface area contributed by atoms with Gasteiger partial charge in [-0.3, -0.25) is 4.79 Å². The number of ketones is 1. The first-order valence-corrected chi connectivity index (χ1v) is 6.39. The standard InChI is InChI=1S/C17H16O/c1-11-6-8-14(12(2)10-11)15-5-3-4-13-7-9-16(18)17(13)15/h3-6,8,10H,7,9H2,1-2H3. The SMILES string of the molecule is Cc1ccc(-c2cccc3c2C(=O)CC3)c(C)c1. The van der Waals surface area contributed by atoms with Crippen molar-refractivity contribution < 1.29 is 4.79 Å². The van der Waals surface area contributed by atoms with Crippen LogP contribution in [0.3, 0.4) is 0 Å². The van der Waals surface area contributed by atoms with E-state index in [1.54, 1.807) is 0 Å². The first-order valence-electron chi connectivity index (χ1n) is 6.39. The Morgan fingerprint density at radius 3 is 2.56 bits per heavy atom. The van der Waals surface area contributed by atoms with E-state index >= 15 is 0 Å². The fourth-order valence-electron chi connectivity index (χ4n) is 2.85. The minimum Gasteiger partial charge on any atom is -0.294 e. The lowest BCUT2D eigenvalue weighted by molar-refractivity contribution is 0.0995. The molecule has 0 N–H and O–H groups in total. The number of aryl methyl sites for hydroxylation is 3. The number of benzene rings is 2. The molecule has 0 saturated heterocycles. The van der Waals surface area contributed by atoms with Crippen molar-refractivity contribution in [3.63, 3.8) is 0 Å². The lowest BCUT2D eigenvalue weighted by Gasteiger charge is -2.11. The summed E-state index contributed by atoms with van der Waals surface area (Å²) >= 11 is 0. The third kappa shape index (κ3) is 1.67. The highest BCUT2D eigenvalue weighted by molar-refractivity contribution is 6.06. The fraction of sp³-hybridized carbons (Fsp3) is 0.235. The summed E-state index contributed by atoms with van der Waals surface area (Å²) in [6.07, 6.45) is 1.56. The van der Waals surface area contributed by atoms with Crippen LogP contribution in [0.4, 0.5) is 0 Å². The Kier molecular flexibility index (Phi) is 2.55. The average molecular weight is 236 g/mol. The van der Waals surface area contributed by atoms with Crippen LogP contribution in [0.1, 0.15) is 33.5 Å². The summed E-state index contributed by atoms with van der Waals surface area (Å²) in [5.74, 6) is 0.292. The second kappa shape index (κ2) is 4.09. The van der Waals surface area contributed by atoms with Gasteiger partial charge in [-0.2, -0.15) is 0 Å². The van der Waals surface area contributed by atoms with Crippen LogP contribution in [0.25, 0.3) is 11.1 Å². The van der Waals surface area contributed by atoms with Gasteiger partial charge in [-0.1, -0.05) is 42.0 Å². The molecule has 1 aliphatic rings. The van der Waals surface area contributed by atoms with E-state index in [4.69, 9.17) is 0 Å². The van der Waals surface area contributed by atoms with Crippen LogP contribution in [0.15, 0.2) is 36.4 Å². The van der Waals surface area contributed by atoms with Gasteiger partial charge in [0.15, 0.2) is 5.78 Å². The zero-order chi connectivity index (χ0) is 12.7. The quantitative estimate of drug-likeness (QED) is 0.728. The molecule has 90 valence electrons. The highest BCUT2D eigenvalue weighted by Gasteiger charge is 2.23. The van der Waals surface area contributed by atoms with E-state index in [0.29, 0.717) is 12.2 Å². The van der Waals surface area contributed by atoms with Gasteiger partial charge < -0.3 is 0 Å². The van der Waals surface area contributed by atoms with Gasteiger partial charge in [0.25, 0.3) is 0 Å². The molecule has 1 nitrogen and oxygen atoms in total. The zero-order valence-corrected chi connectivity index (χ0v) is 10.8. The minimum atomic E-state index is 0.292. The van der Waals surface area contributed by atoms with Crippen LogP contribution in [-0.2, 0) is 6.42 Å². The molecule has 0 aromatic heterocycles. The van der Waals surface area contributed by atoms with Gasteiger partial charge in [-0.05, 0) is 42.5 Å². The van der Waals surface area contributed by atoms with E-state index in [2.05, 4.69) is 50.2 Å². The first kappa shape index (κ1) is 11.2. The Bertz CT molecular complexity index is 638. The molecule has 0 bridgehead atoms. The summed E-state index contributed by atoms with van der Waals surface area (Å²) in [6, 6.07) is 12.6. The average Bonchev–Trinajstić information content (AvgIpc) is 2.72. The van der Waals surface area contributed by atoms with Crippen molar-refractivity contribution >= 4 is 5.78 Å². The number of rotatable bonds is 1. The van der Waals surface area contributed by atoms with E-state index in [9.17, 15) is 4.79 Å². The van der Waals surface area contributed by atoms with Gasteiger partial charge in [0, 0.05) is 12.0 Å². The summed E-state index contributed by atoms with van der Waals surface area (Å²) in [4.78, 5) is 12.0. The molecule has 2 aromatic carbocycles. The van der Waals surface area contributed by atoms with E-state index in [-0.39, 0.29) is 0 Å². The van der Waals surface area contributed by atoms with Crippen molar-refractivity contribution in [3.05, 3.63) is 58.7 Å². The van der Waals surface area contributed by atoms with E-state index in [0.717, 1.165) is 17.5 Å². The lowest BCUT2D eigenvalue weighted by Crippen LogP contribution is -1.97. The largest absolute Gasteiger partial charge is 0.294 e. The molecule has 1 aliphatic carbocycles. The molecule has 0 saturated carbocycles. The number of carbonyl (C=O) groups excluding carboxylic acids is 1. The summed E-state index contributed by atoms with van der Waals surface area (Å²) in [5.41, 5.74) is 6.94. The lowest BCUT2D eigenvalue weighted by atomic mass is 9.93. The number of fused-ring (bicyclic) bond motifs is 1. The maximum Gasteiger partial charge on any atom is 0.164 e. The summed E-state index contributed by atoms with van der Waals surface area (Å²) < 4.78 is 0. The van der Waals surface area contributed by atoms with Crippen LogP contribution in [0, 0.1) is 13.8 Å². The van der Waals surface area contributed by atoms with Crippen molar-refractivity contribution in [2.75, 3.05) is 0 Å². The predicted octanol–water partition coefficient (Wildman–Crippen LogP) is 4.10. The Morgan fingerprint density at radius 2 is 1.78 bits per heavy atom. The second-order valence-electron chi connectivity index (χ2n) is 5.08. The van der Waals surface area contributed by atoms with Gasteiger partial charge in [-0.25, -0.2) is 0 Å². The van der Waals surface area contributed by atoms with Crippen molar-refractivity contribution in [1.29, 1.82) is 0 Å². The van der Waals surface area contributed by atoms with Crippen LogP contribution in [0.5, 0.6) is 0 Å². The molecular weight excluding hydrogens is 220 g/mol. The highest BCUT2D eigenvalue weighted by Crippen LogP contribution is 2.34. The molecule has 0 radical (unpaired) electrons. The molecule has 0 unspecified atom stereocenters. The minimum absolute atomic E-state index is 0.292. The van der Waals surface area contributed by atoms with Crippen LogP contribution in [-0.4, -0.2) is 5.78 Å². The van der Waals surface area contributed by atoms with Crippen molar-refractivity contribution in [2.24, 2.45) is 0 Å². The maximum atomic E-state index is 12.0.